The molecule has 1 fully saturated rings. The molecule has 3 aromatic rings. The second kappa shape index (κ2) is 8.04. The molecule has 6 nitrogen and oxygen atoms in total. The Morgan fingerprint density at radius 1 is 1.11 bits per heavy atom. The van der Waals surface area contributed by atoms with Gasteiger partial charge in [0.2, 0.25) is 0 Å². The third kappa shape index (κ3) is 3.74. The minimum atomic E-state index is -0.500. The molecule has 4 rings (SSSR count). The number of likely N-dealkylation sites (tertiary alicyclic amines) is 1. The van der Waals surface area contributed by atoms with Gasteiger partial charge in [-0.15, -0.1) is 0 Å². The van der Waals surface area contributed by atoms with Gasteiger partial charge < -0.3 is 9.30 Å². The molecule has 2 N–H and O–H groups in total. The van der Waals surface area contributed by atoms with E-state index in [-0.39, 0.29) is 0 Å². The maximum absolute atomic E-state index is 11.9. The minimum Gasteiger partial charge on any atom is -0.497 e. The van der Waals surface area contributed by atoms with Crippen molar-refractivity contribution in [2.45, 2.75) is 25.9 Å². The molecule has 1 amide bonds. The molecule has 1 aromatic heterocycles. The summed E-state index contributed by atoms with van der Waals surface area (Å²) in [6.07, 6.45) is 4.70. The van der Waals surface area contributed by atoms with Gasteiger partial charge in [-0.05, 0) is 61.3 Å². The third-order valence-electron chi connectivity index (χ3n) is 5.43. The van der Waals surface area contributed by atoms with Crippen LogP contribution in [0.4, 0.5) is 0 Å². The quantitative estimate of drug-likeness (QED) is 0.509. The lowest BCUT2D eigenvalue weighted by Gasteiger charge is -2.13. The zero-order valence-corrected chi connectivity index (χ0v) is 16.0. The normalized spacial score (nSPS) is 14.5. The smallest absolute Gasteiger partial charge is 0.274 e. The SMILES string of the molecule is COc1ccc(Cn2cc(CN3CCCC3)c3ccc(C(=O)NO)cc32)cc1. The fourth-order valence-corrected chi connectivity index (χ4v) is 3.94. The largest absolute Gasteiger partial charge is 0.497 e. The van der Waals surface area contributed by atoms with Crippen molar-refractivity contribution in [2.75, 3.05) is 20.2 Å². The monoisotopic (exact) mass is 379 g/mol. The molecule has 6 heteroatoms. The standard InChI is InChI=1S/C22H25N3O3/c1-28-19-7-4-16(5-8-19)13-25-15-18(14-24-10-2-3-11-24)20-9-6-17(12-21(20)25)22(26)23-27/h4-9,12,15,27H,2-3,10-11,13-14H2,1H3,(H,23,26). The summed E-state index contributed by atoms with van der Waals surface area (Å²) >= 11 is 0. The summed E-state index contributed by atoms with van der Waals surface area (Å²) in [5, 5.41) is 10.1. The Balaban J connectivity index is 1.71. The first kappa shape index (κ1) is 18.5. The van der Waals surface area contributed by atoms with Crippen LogP contribution < -0.4 is 10.2 Å². The Morgan fingerprint density at radius 2 is 1.86 bits per heavy atom. The molecule has 0 atom stereocenters. The van der Waals surface area contributed by atoms with Crippen LogP contribution in [0.15, 0.2) is 48.7 Å². The molecule has 0 bridgehead atoms. The van der Waals surface area contributed by atoms with Gasteiger partial charge in [0.05, 0.1) is 7.11 Å². The van der Waals surface area contributed by atoms with Gasteiger partial charge in [0.1, 0.15) is 5.75 Å². The predicted octanol–water partition coefficient (Wildman–Crippen LogP) is 3.41. The van der Waals surface area contributed by atoms with E-state index in [1.807, 2.05) is 24.3 Å². The topological polar surface area (TPSA) is 66.7 Å². The van der Waals surface area contributed by atoms with Crippen molar-refractivity contribution < 1.29 is 14.7 Å². The van der Waals surface area contributed by atoms with Crippen molar-refractivity contribution in [3.05, 3.63) is 65.4 Å². The van der Waals surface area contributed by atoms with E-state index in [2.05, 4.69) is 27.8 Å². The van der Waals surface area contributed by atoms with E-state index in [4.69, 9.17) is 9.94 Å². The predicted molar refractivity (Wildman–Crippen MR) is 108 cm³/mol. The number of rotatable bonds is 6. The fraction of sp³-hybridized carbons (Fsp3) is 0.318. The number of amides is 1. The highest BCUT2D eigenvalue weighted by Gasteiger charge is 2.17. The summed E-state index contributed by atoms with van der Waals surface area (Å²) in [4.78, 5) is 14.4. The van der Waals surface area contributed by atoms with Crippen LogP contribution in [-0.4, -0.2) is 40.8 Å². The van der Waals surface area contributed by atoms with Crippen molar-refractivity contribution in [3.63, 3.8) is 0 Å². The Kier molecular flexibility index (Phi) is 5.32. The van der Waals surface area contributed by atoms with Crippen LogP contribution >= 0.6 is 0 Å². The number of hydrogen-bond acceptors (Lipinski definition) is 4. The van der Waals surface area contributed by atoms with Gasteiger partial charge >= 0.3 is 0 Å². The van der Waals surface area contributed by atoms with Crippen molar-refractivity contribution >= 4 is 16.8 Å². The lowest BCUT2D eigenvalue weighted by molar-refractivity contribution is 0.0706. The number of carbonyl (C=O) groups excluding carboxylic acids is 1. The van der Waals surface area contributed by atoms with E-state index in [1.165, 1.54) is 18.4 Å². The van der Waals surface area contributed by atoms with Gasteiger partial charge in [-0.1, -0.05) is 18.2 Å². The average molecular weight is 379 g/mol. The number of methoxy groups -OCH3 is 1. The maximum Gasteiger partial charge on any atom is 0.274 e. The van der Waals surface area contributed by atoms with Crippen LogP contribution in [0.1, 0.15) is 34.3 Å². The van der Waals surface area contributed by atoms with E-state index < -0.39 is 5.91 Å². The summed E-state index contributed by atoms with van der Waals surface area (Å²) in [5.74, 6) is 0.331. The van der Waals surface area contributed by atoms with Crippen molar-refractivity contribution in [3.8, 4) is 5.75 Å². The number of hydroxylamine groups is 1. The second-order valence-corrected chi connectivity index (χ2v) is 7.29. The first-order valence-electron chi connectivity index (χ1n) is 9.59. The van der Waals surface area contributed by atoms with Gasteiger partial charge in [-0.25, -0.2) is 5.48 Å². The number of nitrogens with one attached hydrogen (secondary N) is 1. The molecule has 0 radical (unpaired) electrons. The number of fused-ring (bicyclic) bond motifs is 1. The van der Waals surface area contributed by atoms with Gasteiger partial charge in [0.25, 0.3) is 5.91 Å². The highest BCUT2D eigenvalue weighted by atomic mass is 16.5. The minimum absolute atomic E-state index is 0.441. The Morgan fingerprint density at radius 3 is 2.54 bits per heavy atom. The molecule has 2 aromatic carbocycles. The summed E-state index contributed by atoms with van der Waals surface area (Å²) < 4.78 is 7.42. The van der Waals surface area contributed by atoms with Crippen LogP contribution in [0.3, 0.4) is 0 Å². The van der Waals surface area contributed by atoms with Gasteiger partial charge in [0, 0.05) is 35.8 Å². The number of hydrogen-bond donors (Lipinski definition) is 2. The molecule has 28 heavy (non-hydrogen) atoms. The maximum atomic E-state index is 11.9. The lowest BCUT2D eigenvalue weighted by Crippen LogP contribution is -2.18. The number of ether oxygens (including phenoxy) is 1. The number of benzene rings is 2. The van der Waals surface area contributed by atoms with Crippen LogP contribution in [-0.2, 0) is 13.1 Å². The van der Waals surface area contributed by atoms with E-state index in [1.54, 1.807) is 18.7 Å². The van der Waals surface area contributed by atoms with Gasteiger partial charge in [-0.3, -0.25) is 14.9 Å². The van der Waals surface area contributed by atoms with Crippen LogP contribution in [0, 0.1) is 0 Å². The first-order valence-corrected chi connectivity index (χ1v) is 9.59. The molecule has 0 spiro atoms. The van der Waals surface area contributed by atoms with Crippen LogP contribution in [0.5, 0.6) is 5.75 Å². The van der Waals surface area contributed by atoms with E-state index in [0.717, 1.165) is 41.9 Å². The second-order valence-electron chi connectivity index (χ2n) is 7.29. The molecule has 146 valence electrons. The van der Waals surface area contributed by atoms with Crippen LogP contribution in [0.2, 0.25) is 0 Å². The molecular weight excluding hydrogens is 354 g/mol. The van der Waals surface area contributed by atoms with Crippen LogP contribution in [0.25, 0.3) is 10.9 Å². The molecule has 2 heterocycles. The lowest BCUT2D eigenvalue weighted by atomic mass is 10.1. The molecule has 0 aliphatic carbocycles. The highest BCUT2D eigenvalue weighted by Crippen LogP contribution is 2.26. The number of aromatic nitrogens is 1. The third-order valence-corrected chi connectivity index (χ3v) is 5.43. The molecule has 0 unspecified atom stereocenters. The molecule has 1 aliphatic rings. The number of nitrogens with zero attached hydrogens (tertiary/aromatic N) is 2. The summed E-state index contributed by atoms with van der Waals surface area (Å²) in [6.45, 7) is 3.88. The molecule has 0 saturated carbocycles. The first-order chi connectivity index (χ1) is 13.7. The Labute approximate surface area is 164 Å². The van der Waals surface area contributed by atoms with Crippen molar-refractivity contribution in [2.24, 2.45) is 0 Å². The molecular formula is C22H25N3O3. The fourth-order valence-electron chi connectivity index (χ4n) is 3.94. The number of carbonyl (C=O) groups is 1. The van der Waals surface area contributed by atoms with Crippen molar-refractivity contribution in [1.29, 1.82) is 0 Å². The molecule has 1 aliphatic heterocycles. The summed E-state index contributed by atoms with van der Waals surface area (Å²) in [5.41, 5.74) is 5.58. The molecule has 1 saturated heterocycles. The zero-order valence-electron chi connectivity index (χ0n) is 16.0. The highest BCUT2D eigenvalue weighted by molar-refractivity contribution is 5.98. The van der Waals surface area contributed by atoms with E-state index in [0.29, 0.717) is 12.1 Å². The summed E-state index contributed by atoms with van der Waals surface area (Å²) in [7, 11) is 1.66. The van der Waals surface area contributed by atoms with E-state index in [9.17, 15) is 4.79 Å². The van der Waals surface area contributed by atoms with Gasteiger partial charge in [0.15, 0.2) is 0 Å². The Hall–Kier alpha value is -2.83. The van der Waals surface area contributed by atoms with Gasteiger partial charge in [-0.2, -0.15) is 0 Å². The van der Waals surface area contributed by atoms with Crippen molar-refractivity contribution in [1.82, 2.24) is 14.9 Å². The zero-order chi connectivity index (χ0) is 19.5. The average Bonchev–Trinajstić information content (AvgIpc) is 3.36. The Bertz CT molecular complexity index is 973. The summed E-state index contributed by atoms with van der Waals surface area (Å²) in [6, 6.07) is 13.6. The van der Waals surface area contributed by atoms with E-state index >= 15 is 0 Å².